The van der Waals surface area contributed by atoms with Crippen molar-refractivity contribution in [2.24, 2.45) is 5.92 Å². The molecule has 3 rings (SSSR count). The van der Waals surface area contributed by atoms with E-state index in [2.05, 4.69) is 22.3 Å². The Hall–Kier alpha value is -1.99. The molecule has 8 heteroatoms. The fraction of sp³-hybridized carbons (Fsp3) is 0.500. The van der Waals surface area contributed by atoms with Crippen molar-refractivity contribution in [2.75, 3.05) is 13.2 Å². The van der Waals surface area contributed by atoms with Crippen molar-refractivity contribution in [3.8, 4) is 11.4 Å². The lowest BCUT2D eigenvalue weighted by Gasteiger charge is -2.38. The molecule has 1 aliphatic rings. The molecule has 2 atom stereocenters. The molecule has 24 heavy (non-hydrogen) atoms. The minimum atomic E-state index is -0.134. The fourth-order valence-corrected chi connectivity index (χ4v) is 3.20. The van der Waals surface area contributed by atoms with Crippen LogP contribution in [0.3, 0.4) is 0 Å². The van der Waals surface area contributed by atoms with E-state index in [0.29, 0.717) is 23.3 Å². The van der Waals surface area contributed by atoms with Crippen molar-refractivity contribution in [3.05, 3.63) is 29.3 Å². The number of carbonyl (C=O) groups is 1. The third-order valence-corrected chi connectivity index (χ3v) is 4.71. The monoisotopic (exact) mass is 349 g/mol. The largest absolute Gasteiger partial charge is 0.394 e. The van der Waals surface area contributed by atoms with E-state index < -0.39 is 0 Å². The summed E-state index contributed by atoms with van der Waals surface area (Å²) in [7, 11) is 0. The van der Waals surface area contributed by atoms with E-state index >= 15 is 0 Å². The first-order valence-electron chi connectivity index (χ1n) is 8.02. The van der Waals surface area contributed by atoms with Gasteiger partial charge in [0.25, 0.3) is 0 Å². The molecule has 2 unspecified atom stereocenters. The van der Waals surface area contributed by atoms with E-state index in [9.17, 15) is 9.90 Å². The number of tetrazole rings is 1. The zero-order valence-corrected chi connectivity index (χ0v) is 14.2. The third-order valence-electron chi connectivity index (χ3n) is 4.46. The highest BCUT2D eigenvalue weighted by atomic mass is 35.5. The molecule has 7 nitrogen and oxygen atoms in total. The Morgan fingerprint density at radius 3 is 2.83 bits per heavy atom. The Bertz CT molecular complexity index is 703. The highest BCUT2D eigenvalue weighted by molar-refractivity contribution is 6.30. The van der Waals surface area contributed by atoms with Crippen LogP contribution in [0.4, 0.5) is 0 Å². The second kappa shape index (κ2) is 7.27. The zero-order chi connectivity index (χ0) is 17.1. The van der Waals surface area contributed by atoms with E-state index in [1.165, 1.54) is 4.80 Å². The third kappa shape index (κ3) is 3.57. The molecule has 0 aliphatic carbocycles. The molecule has 1 saturated heterocycles. The van der Waals surface area contributed by atoms with Gasteiger partial charge in [0, 0.05) is 17.1 Å². The molecule has 1 aliphatic heterocycles. The number of amides is 1. The second-order valence-corrected chi connectivity index (χ2v) is 6.54. The Morgan fingerprint density at radius 2 is 2.12 bits per heavy atom. The Morgan fingerprint density at radius 1 is 1.38 bits per heavy atom. The van der Waals surface area contributed by atoms with Crippen LogP contribution >= 0.6 is 11.6 Å². The molecule has 2 heterocycles. The van der Waals surface area contributed by atoms with Gasteiger partial charge in [0.2, 0.25) is 11.7 Å². The number of aliphatic hydroxyl groups is 1. The lowest BCUT2D eigenvalue weighted by Crippen LogP contribution is -2.50. The first kappa shape index (κ1) is 16.9. The lowest BCUT2D eigenvalue weighted by atomic mass is 9.91. The number of carbonyl (C=O) groups excluding carboxylic acids is 1. The van der Waals surface area contributed by atoms with Gasteiger partial charge in [0.15, 0.2) is 0 Å². The first-order valence-corrected chi connectivity index (χ1v) is 8.40. The molecule has 1 aromatic heterocycles. The summed E-state index contributed by atoms with van der Waals surface area (Å²) >= 11 is 5.87. The number of hydrogen-bond acceptors (Lipinski definition) is 5. The van der Waals surface area contributed by atoms with E-state index in [-0.39, 0.29) is 25.1 Å². The molecule has 0 radical (unpaired) electrons. The van der Waals surface area contributed by atoms with Crippen molar-refractivity contribution < 1.29 is 9.90 Å². The normalized spacial score (nSPS) is 21.0. The van der Waals surface area contributed by atoms with E-state index in [4.69, 9.17) is 11.6 Å². The fourth-order valence-electron chi connectivity index (χ4n) is 3.07. The molecule has 1 N–H and O–H groups in total. The van der Waals surface area contributed by atoms with Crippen LogP contribution in [0.2, 0.25) is 5.02 Å². The van der Waals surface area contributed by atoms with Crippen LogP contribution in [-0.4, -0.2) is 55.3 Å². The summed E-state index contributed by atoms with van der Waals surface area (Å²) in [5.74, 6) is 0.645. The molecule has 128 valence electrons. The van der Waals surface area contributed by atoms with E-state index in [0.717, 1.165) is 18.4 Å². The summed E-state index contributed by atoms with van der Waals surface area (Å²) in [4.78, 5) is 15.6. The van der Waals surface area contributed by atoms with Crippen molar-refractivity contribution in [3.63, 3.8) is 0 Å². The topological polar surface area (TPSA) is 84.1 Å². The average molecular weight is 350 g/mol. The predicted molar refractivity (Wildman–Crippen MR) is 89.2 cm³/mol. The van der Waals surface area contributed by atoms with Crippen LogP contribution in [-0.2, 0) is 11.3 Å². The number of aromatic nitrogens is 4. The first-order chi connectivity index (χ1) is 11.6. The van der Waals surface area contributed by atoms with Crippen molar-refractivity contribution in [1.82, 2.24) is 25.1 Å². The smallest absolute Gasteiger partial charge is 0.246 e. The van der Waals surface area contributed by atoms with Gasteiger partial charge >= 0.3 is 0 Å². The molecular weight excluding hydrogens is 330 g/mol. The number of nitrogens with zero attached hydrogens (tertiary/aromatic N) is 5. The quantitative estimate of drug-likeness (QED) is 0.906. The van der Waals surface area contributed by atoms with Crippen LogP contribution in [0.5, 0.6) is 0 Å². The lowest BCUT2D eigenvalue weighted by molar-refractivity contribution is -0.138. The van der Waals surface area contributed by atoms with Crippen LogP contribution < -0.4 is 0 Å². The maximum absolute atomic E-state index is 12.5. The van der Waals surface area contributed by atoms with Crippen LogP contribution in [0.1, 0.15) is 19.8 Å². The van der Waals surface area contributed by atoms with Gasteiger partial charge in [-0.1, -0.05) is 18.5 Å². The van der Waals surface area contributed by atoms with Crippen molar-refractivity contribution >= 4 is 17.5 Å². The molecule has 0 spiro atoms. The number of hydrogen-bond donors (Lipinski definition) is 1. The number of likely N-dealkylation sites (tertiary alicyclic amines) is 1. The number of aliphatic hydroxyl groups excluding tert-OH is 1. The number of rotatable bonds is 4. The predicted octanol–water partition coefficient (Wildman–Crippen LogP) is 1.61. The summed E-state index contributed by atoms with van der Waals surface area (Å²) in [6.45, 7) is 2.72. The highest BCUT2D eigenvalue weighted by Gasteiger charge is 2.31. The van der Waals surface area contributed by atoms with Gasteiger partial charge in [-0.2, -0.15) is 4.80 Å². The minimum absolute atomic E-state index is 0.0177. The average Bonchev–Trinajstić information content (AvgIpc) is 3.03. The summed E-state index contributed by atoms with van der Waals surface area (Å²) in [6.07, 6.45) is 1.97. The van der Waals surface area contributed by atoms with Gasteiger partial charge in [-0.25, -0.2) is 0 Å². The van der Waals surface area contributed by atoms with E-state index in [1.807, 2.05) is 0 Å². The maximum atomic E-state index is 12.5. The zero-order valence-electron chi connectivity index (χ0n) is 13.5. The van der Waals surface area contributed by atoms with Gasteiger partial charge in [-0.05, 0) is 48.2 Å². The summed E-state index contributed by atoms with van der Waals surface area (Å²) in [5.41, 5.74) is 0.790. The standard InChI is InChI=1S/C16H20ClN5O2/c1-11-3-2-8-21(14(11)10-23)15(24)9-22-19-16(18-20-22)12-4-6-13(17)7-5-12/h4-7,11,14,23H,2-3,8-10H2,1H3. The summed E-state index contributed by atoms with van der Waals surface area (Å²) in [6, 6.07) is 6.98. The molecule has 1 fully saturated rings. The van der Waals surface area contributed by atoms with Gasteiger partial charge in [0.05, 0.1) is 12.6 Å². The number of piperidine rings is 1. The summed E-state index contributed by atoms with van der Waals surface area (Å²) in [5, 5.41) is 22.4. The van der Waals surface area contributed by atoms with Gasteiger partial charge in [0.1, 0.15) is 6.54 Å². The Labute approximate surface area is 145 Å². The second-order valence-electron chi connectivity index (χ2n) is 6.11. The van der Waals surface area contributed by atoms with Gasteiger partial charge in [-0.15, -0.1) is 10.2 Å². The van der Waals surface area contributed by atoms with E-state index in [1.54, 1.807) is 29.2 Å². The molecule has 2 aromatic rings. The highest BCUT2D eigenvalue weighted by Crippen LogP contribution is 2.23. The number of benzene rings is 1. The number of halogens is 1. The minimum Gasteiger partial charge on any atom is -0.394 e. The van der Waals surface area contributed by atoms with Crippen LogP contribution in [0, 0.1) is 5.92 Å². The summed E-state index contributed by atoms with van der Waals surface area (Å²) < 4.78 is 0. The van der Waals surface area contributed by atoms with Gasteiger partial charge in [-0.3, -0.25) is 4.79 Å². The molecular formula is C16H20ClN5O2. The van der Waals surface area contributed by atoms with Crippen molar-refractivity contribution in [2.45, 2.75) is 32.4 Å². The van der Waals surface area contributed by atoms with Gasteiger partial charge < -0.3 is 10.0 Å². The Kier molecular flexibility index (Phi) is 5.11. The molecule has 1 aromatic carbocycles. The molecule has 0 bridgehead atoms. The maximum Gasteiger partial charge on any atom is 0.246 e. The molecule has 1 amide bonds. The Balaban J connectivity index is 1.70. The SMILES string of the molecule is CC1CCCN(C(=O)Cn2nnc(-c3ccc(Cl)cc3)n2)C1CO. The van der Waals surface area contributed by atoms with Crippen molar-refractivity contribution in [1.29, 1.82) is 0 Å². The molecule has 0 saturated carbocycles. The van der Waals surface area contributed by atoms with Crippen LogP contribution in [0.15, 0.2) is 24.3 Å². The van der Waals surface area contributed by atoms with Crippen LogP contribution in [0.25, 0.3) is 11.4 Å².